The van der Waals surface area contributed by atoms with Gasteiger partial charge in [-0.15, -0.1) is 0 Å². The van der Waals surface area contributed by atoms with Crippen LogP contribution in [0.1, 0.15) is 86.6 Å². The first kappa shape index (κ1) is 42.2. The van der Waals surface area contributed by atoms with Crippen LogP contribution in [0.2, 0.25) is 0 Å². The maximum Gasteiger partial charge on any atom is 0.325 e. The lowest BCUT2D eigenvalue weighted by Crippen LogP contribution is -2.23. The van der Waals surface area contributed by atoms with Crippen molar-refractivity contribution in [3.63, 3.8) is 0 Å². The molecular formula is C36H59N2O4P. The predicted octanol–water partition coefficient (Wildman–Crippen LogP) is 8.31. The Labute approximate surface area is 262 Å². The third-order valence-corrected chi connectivity index (χ3v) is 6.72. The van der Waals surface area contributed by atoms with Gasteiger partial charge in [0.1, 0.15) is 11.5 Å². The summed E-state index contributed by atoms with van der Waals surface area (Å²) < 4.78 is 16.6. The normalized spacial score (nSPS) is 11.4. The second-order valence-corrected chi connectivity index (χ2v) is 11.5. The van der Waals surface area contributed by atoms with Crippen molar-refractivity contribution in [2.45, 2.75) is 81.1 Å². The van der Waals surface area contributed by atoms with E-state index in [0.29, 0.717) is 12.8 Å². The standard InChI is InChI=1S/C22H25NO.C7H13O3P.2C3H8.CH5N/c1-6-16(5)22-18-11-9-15(4)13-20(18)24-21-14-17(10-12-19(21)22)23(7-2)8-3;1-2-3-4-5-6-7-11(8,9)10;2*1-3-2;1-2/h6,9-14H,4,7-8H2,1-3,5H3;2-4H,1,5-7H2,(H2,8,9,10);2*3H2,1-2H3;2H2,1H3/b16-6+;4-3+;;;. The highest BCUT2D eigenvalue weighted by Gasteiger charge is 2.20. The lowest BCUT2D eigenvalue weighted by Gasteiger charge is -2.26. The maximum absolute atomic E-state index is 10.3. The third-order valence-electron chi connectivity index (χ3n) is 5.82. The molecule has 1 aliphatic heterocycles. The van der Waals surface area contributed by atoms with Crippen molar-refractivity contribution in [2.75, 3.05) is 31.2 Å². The minimum absolute atomic E-state index is 0.0333. The summed E-state index contributed by atoms with van der Waals surface area (Å²) >= 11 is 0. The molecule has 3 rings (SSSR count). The first-order valence-corrected chi connectivity index (χ1v) is 17.2. The molecule has 0 radical (unpaired) electrons. The van der Waals surface area contributed by atoms with Gasteiger partial charge in [0.25, 0.3) is 0 Å². The molecule has 0 spiro atoms. The summed E-state index contributed by atoms with van der Waals surface area (Å²) in [6.07, 6.45) is 11.1. The lowest BCUT2D eigenvalue weighted by molar-refractivity contribution is 0.372. The van der Waals surface area contributed by atoms with Crippen molar-refractivity contribution in [1.29, 1.82) is 0 Å². The molecule has 2 aromatic rings. The van der Waals surface area contributed by atoms with Crippen LogP contribution in [0.15, 0.2) is 72.9 Å². The molecule has 0 bridgehead atoms. The van der Waals surface area contributed by atoms with E-state index < -0.39 is 7.60 Å². The van der Waals surface area contributed by atoms with E-state index in [1.807, 2.05) is 18.2 Å². The lowest BCUT2D eigenvalue weighted by atomic mass is 9.93. The second kappa shape index (κ2) is 24.5. The van der Waals surface area contributed by atoms with E-state index in [0.717, 1.165) is 40.6 Å². The molecule has 0 aromatic heterocycles. The zero-order valence-electron chi connectivity index (χ0n) is 28.3. The van der Waals surface area contributed by atoms with Crippen molar-refractivity contribution >= 4 is 25.4 Å². The van der Waals surface area contributed by atoms with Crippen LogP contribution in [0.5, 0.6) is 11.5 Å². The highest BCUT2D eigenvalue weighted by atomic mass is 31.2. The Balaban J connectivity index is 0. The number of hydrogen-bond donors (Lipinski definition) is 3. The van der Waals surface area contributed by atoms with Crippen molar-refractivity contribution in [1.82, 2.24) is 0 Å². The molecule has 0 fully saturated rings. The van der Waals surface area contributed by atoms with Gasteiger partial charge in [0.05, 0.1) is 6.16 Å². The monoisotopic (exact) mass is 614 g/mol. The molecule has 0 saturated carbocycles. The molecule has 7 heteroatoms. The molecule has 6 nitrogen and oxygen atoms in total. The number of rotatable bonds is 9. The fourth-order valence-electron chi connectivity index (χ4n) is 3.89. The zero-order chi connectivity index (χ0) is 33.4. The van der Waals surface area contributed by atoms with Gasteiger partial charge in [-0.3, -0.25) is 4.57 Å². The Hall–Kier alpha value is -2.89. The Morgan fingerprint density at radius 2 is 1.56 bits per heavy atom. The Bertz CT molecular complexity index is 1270. The Kier molecular flexibility index (Phi) is 24.1. The SMILES string of the molecule is C=C/C=C/CCCP(=O)(O)O.C=c1ccc2c(c1)Oc1cc(N(CC)CC)ccc1C=2/C(C)=C/C.CCC.CCC.CN. The van der Waals surface area contributed by atoms with Gasteiger partial charge in [0.15, 0.2) is 0 Å². The number of allylic oxidation sites excluding steroid dienone is 5. The number of nitrogens with zero attached hydrogens (tertiary/aromatic N) is 1. The van der Waals surface area contributed by atoms with Gasteiger partial charge >= 0.3 is 7.60 Å². The molecule has 0 amide bonds. The molecule has 0 atom stereocenters. The van der Waals surface area contributed by atoms with E-state index >= 15 is 0 Å². The number of nitrogens with two attached hydrogens (primary N) is 1. The molecule has 1 heterocycles. The molecule has 43 heavy (non-hydrogen) atoms. The fourth-order valence-corrected chi connectivity index (χ4v) is 4.48. The summed E-state index contributed by atoms with van der Waals surface area (Å²) in [6, 6.07) is 12.7. The minimum Gasteiger partial charge on any atom is -0.456 e. The summed E-state index contributed by atoms with van der Waals surface area (Å²) in [5.74, 6) is 1.82. The predicted molar refractivity (Wildman–Crippen MR) is 191 cm³/mol. The summed E-state index contributed by atoms with van der Waals surface area (Å²) in [4.78, 5) is 19.2. The Morgan fingerprint density at radius 3 is 2.05 bits per heavy atom. The van der Waals surface area contributed by atoms with Crippen LogP contribution in [0, 0.1) is 0 Å². The zero-order valence-corrected chi connectivity index (χ0v) is 29.2. The minimum atomic E-state index is -3.77. The molecular weight excluding hydrogens is 555 g/mol. The van der Waals surface area contributed by atoms with Crippen LogP contribution in [-0.4, -0.2) is 36.1 Å². The number of hydrogen-bond acceptors (Lipinski definition) is 4. The third kappa shape index (κ3) is 16.5. The van der Waals surface area contributed by atoms with Crippen molar-refractivity contribution < 1.29 is 19.1 Å². The van der Waals surface area contributed by atoms with E-state index in [-0.39, 0.29) is 6.16 Å². The number of ether oxygens (including phenoxy) is 1. The van der Waals surface area contributed by atoms with E-state index in [4.69, 9.17) is 14.5 Å². The summed E-state index contributed by atoms with van der Waals surface area (Å²) in [5, 5.41) is 2.11. The van der Waals surface area contributed by atoms with Gasteiger partial charge in [0, 0.05) is 35.6 Å². The van der Waals surface area contributed by atoms with Gasteiger partial charge in [-0.1, -0.05) is 90.1 Å². The maximum atomic E-state index is 10.3. The van der Waals surface area contributed by atoms with Gasteiger partial charge in [-0.05, 0) is 82.1 Å². The first-order chi connectivity index (χ1) is 20.5. The smallest absolute Gasteiger partial charge is 0.325 e. The topological polar surface area (TPSA) is 96.0 Å². The second-order valence-electron chi connectivity index (χ2n) is 9.74. The van der Waals surface area contributed by atoms with Gasteiger partial charge in [-0.2, -0.15) is 0 Å². The molecule has 0 unspecified atom stereocenters. The quantitative estimate of drug-likeness (QED) is 0.149. The summed E-state index contributed by atoms with van der Waals surface area (Å²) in [7, 11) is -2.27. The highest BCUT2D eigenvalue weighted by molar-refractivity contribution is 7.51. The van der Waals surface area contributed by atoms with Crippen molar-refractivity contribution in [3.05, 3.63) is 88.9 Å². The molecule has 4 N–H and O–H groups in total. The first-order valence-electron chi connectivity index (χ1n) is 15.4. The number of benzene rings is 2. The van der Waals surface area contributed by atoms with E-state index in [2.05, 4.69) is 110 Å². The average molecular weight is 615 g/mol. The van der Waals surface area contributed by atoms with E-state index in [1.54, 1.807) is 12.2 Å². The molecule has 242 valence electrons. The van der Waals surface area contributed by atoms with E-state index in [9.17, 15) is 4.57 Å². The molecule has 0 saturated heterocycles. The van der Waals surface area contributed by atoms with Crippen molar-refractivity contribution in [3.8, 4) is 11.5 Å². The number of unbranched alkanes of at least 4 members (excludes halogenated alkanes) is 1. The van der Waals surface area contributed by atoms with Gasteiger partial charge < -0.3 is 25.2 Å². The molecule has 2 aromatic carbocycles. The highest BCUT2D eigenvalue weighted by Crippen LogP contribution is 2.38. The van der Waals surface area contributed by atoms with Crippen LogP contribution < -0.4 is 25.8 Å². The largest absolute Gasteiger partial charge is 0.456 e. The summed E-state index contributed by atoms with van der Waals surface area (Å²) in [6.45, 7) is 26.6. The number of anilines is 1. The fraction of sp³-hybridized carbons (Fsp3) is 0.444. The van der Waals surface area contributed by atoms with Crippen LogP contribution >= 0.6 is 7.60 Å². The summed E-state index contributed by atoms with van der Waals surface area (Å²) in [5.41, 5.74) is 9.37. The molecule has 1 aliphatic rings. The van der Waals surface area contributed by atoms with Gasteiger partial charge in [-0.25, -0.2) is 0 Å². The van der Waals surface area contributed by atoms with E-state index in [1.165, 1.54) is 36.7 Å². The average Bonchev–Trinajstić information content (AvgIpc) is 2.97. The van der Waals surface area contributed by atoms with Crippen LogP contribution in [0.3, 0.4) is 0 Å². The number of fused-ring (bicyclic) bond motifs is 2. The van der Waals surface area contributed by atoms with Gasteiger partial charge in [0.2, 0.25) is 0 Å². The van der Waals surface area contributed by atoms with Crippen molar-refractivity contribution in [2.24, 2.45) is 5.73 Å². The van der Waals surface area contributed by atoms with Crippen LogP contribution in [0.25, 0.3) is 12.2 Å². The van der Waals surface area contributed by atoms with Crippen LogP contribution in [-0.2, 0) is 4.57 Å². The molecule has 0 aliphatic carbocycles. The van der Waals surface area contributed by atoms with Crippen LogP contribution in [0.4, 0.5) is 5.69 Å². The Morgan fingerprint density at radius 1 is 0.977 bits per heavy atom.